The number of aromatic amines is 1. The monoisotopic (exact) mass is 280 g/mol. The van der Waals surface area contributed by atoms with Crippen molar-refractivity contribution < 1.29 is 4.79 Å². The summed E-state index contributed by atoms with van der Waals surface area (Å²) in [6, 6.07) is 9.45. The number of pyridine rings is 1. The summed E-state index contributed by atoms with van der Waals surface area (Å²) in [5, 5.41) is 4.44. The molecule has 3 aromatic rings. The fraction of sp³-hybridized carbons (Fsp3) is 0.125. The third-order valence-electron chi connectivity index (χ3n) is 3.61. The predicted octanol–water partition coefficient (Wildman–Crippen LogP) is 2.58. The minimum Gasteiger partial charge on any atom is -0.381 e. The van der Waals surface area contributed by atoms with E-state index in [9.17, 15) is 4.79 Å². The van der Waals surface area contributed by atoms with E-state index in [1.807, 2.05) is 37.4 Å². The lowest BCUT2D eigenvalue weighted by Gasteiger charge is -2.11. The van der Waals surface area contributed by atoms with Gasteiger partial charge in [0.1, 0.15) is 5.65 Å². The number of nitrogens with one attached hydrogen (secondary N) is 2. The molecule has 5 nitrogen and oxygen atoms in total. The molecular formula is C16H16N4O. The van der Waals surface area contributed by atoms with E-state index < -0.39 is 5.91 Å². The molecule has 0 fully saturated rings. The Labute approximate surface area is 122 Å². The number of carbonyl (C=O) groups excluding carboxylic acids is 1. The van der Waals surface area contributed by atoms with E-state index in [4.69, 9.17) is 5.73 Å². The largest absolute Gasteiger partial charge is 0.381 e. The van der Waals surface area contributed by atoms with Gasteiger partial charge in [-0.15, -0.1) is 0 Å². The van der Waals surface area contributed by atoms with Crippen LogP contribution in [0.5, 0.6) is 0 Å². The molecule has 5 heteroatoms. The van der Waals surface area contributed by atoms with Crippen molar-refractivity contribution in [3.63, 3.8) is 0 Å². The quantitative estimate of drug-likeness (QED) is 0.686. The van der Waals surface area contributed by atoms with Gasteiger partial charge in [-0.25, -0.2) is 4.98 Å². The number of anilines is 1. The zero-order valence-corrected chi connectivity index (χ0v) is 11.7. The van der Waals surface area contributed by atoms with Gasteiger partial charge < -0.3 is 16.0 Å². The van der Waals surface area contributed by atoms with E-state index >= 15 is 0 Å². The average Bonchev–Trinajstić information content (AvgIpc) is 2.89. The standard InChI is InChI=1S/C16H16N4O/c1-10-12(15(17)21)4-2-6-14(10)19-8-11-9-20-16-13(11)5-3-7-18-16/h2-7,9,19H,8H2,1H3,(H2,17,21)(H,18,20). The van der Waals surface area contributed by atoms with Gasteiger partial charge >= 0.3 is 0 Å². The molecule has 1 amide bonds. The van der Waals surface area contributed by atoms with Crippen LogP contribution < -0.4 is 11.1 Å². The molecule has 0 radical (unpaired) electrons. The van der Waals surface area contributed by atoms with Crippen LogP contribution in [-0.2, 0) is 6.54 Å². The Morgan fingerprint density at radius 3 is 3.00 bits per heavy atom. The smallest absolute Gasteiger partial charge is 0.249 e. The summed E-state index contributed by atoms with van der Waals surface area (Å²) >= 11 is 0. The summed E-state index contributed by atoms with van der Waals surface area (Å²) in [5.74, 6) is -0.410. The molecule has 0 aliphatic rings. The highest BCUT2D eigenvalue weighted by atomic mass is 16.1. The fourth-order valence-electron chi connectivity index (χ4n) is 2.44. The van der Waals surface area contributed by atoms with Crippen molar-refractivity contribution in [3.05, 3.63) is 59.4 Å². The number of hydrogen-bond donors (Lipinski definition) is 3. The molecule has 3 rings (SSSR count). The Morgan fingerprint density at radius 1 is 1.33 bits per heavy atom. The van der Waals surface area contributed by atoms with Crippen LogP contribution in [0.2, 0.25) is 0 Å². The van der Waals surface area contributed by atoms with E-state index in [0.29, 0.717) is 12.1 Å². The number of nitrogens with two attached hydrogens (primary N) is 1. The first kappa shape index (κ1) is 13.2. The van der Waals surface area contributed by atoms with Crippen molar-refractivity contribution in [2.24, 2.45) is 5.73 Å². The highest BCUT2D eigenvalue weighted by Gasteiger charge is 2.09. The Bertz CT molecular complexity index is 807. The van der Waals surface area contributed by atoms with Gasteiger partial charge in [0.15, 0.2) is 0 Å². The van der Waals surface area contributed by atoms with Crippen molar-refractivity contribution >= 4 is 22.6 Å². The van der Waals surface area contributed by atoms with Crippen molar-refractivity contribution in [1.29, 1.82) is 0 Å². The molecule has 0 atom stereocenters. The molecular weight excluding hydrogens is 264 g/mol. The van der Waals surface area contributed by atoms with E-state index in [0.717, 1.165) is 27.8 Å². The predicted molar refractivity (Wildman–Crippen MR) is 83.1 cm³/mol. The maximum absolute atomic E-state index is 11.4. The van der Waals surface area contributed by atoms with Gasteiger partial charge in [0, 0.05) is 35.6 Å². The lowest BCUT2D eigenvalue weighted by molar-refractivity contribution is 0.1000. The second kappa shape index (κ2) is 5.28. The minimum atomic E-state index is -0.410. The summed E-state index contributed by atoms with van der Waals surface area (Å²) in [6.07, 6.45) is 3.70. The summed E-state index contributed by atoms with van der Waals surface area (Å²) in [6.45, 7) is 2.54. The van der Waals surface area contributed by atoms with Gasteiger partial charge in [-0.3, -0.25) is 4.79 Å². The van der Waals surface area contributed by atoms with Gasteiger partial charge in [0.2, 0.25) is 5.91 Å². The molecule has 0 aliphatic heterocycles. The number of fused-ring (bicyclic) bond motifs is 1. The van der Waals surface area contributed by atoms with Gasteiger partial charge in [0.05, 0.1) is 0 Å². The van der Waals surface area contributed by atoms with Crippen LogP contribution in [0, 0.1) is 6.92 Å². The van der Waals surface area contributed by atoms with Crippen molar-refractivity contribution in [2.45, 2.75) is 13.5 Å². The second-order valence-corrected chi connectivity index (χ2v) is 4.91. The first-order valence-corrected chi connectivity index (χ1v) is 6.71. The molecule has 4 N–H and O–H groups in total. The first-order chi connectivity index (χ1) is 10.2. The Hall–Kier alpha value is -2.82. The van der Waals surface area contributed by atoms with Crippen LogP contribution in [0.15, 0.2) is 42.7 Å². The van der Waals surface area contributed by atoms with Crippen molar-refractivity contribution in [3.8, 4) is 0 Å². The molecule has 21 heavy (non-hydrogen) atoms. The zero-order valence-electron chi connectivity index (χ0n) is 11.7. The minimum absolute atomic E-state index is 0.410. The fourth-order valence-corrected chi connectivity index (χ4v) is 2.44. The second-order valence-electron chi connectivity index (χ2n) is 4.91. The number of nitrogens with zero attached hydrogens (tertiary/aromatic N) is 1. The summed E-state index contributed by atoms with van der Waals surface area (Å²) in [4.78, 5) is 18.8. The first-order valence-electron chi connectivity index (χ1n) is 6.71. The van der Waals surface area contributed by atoms with Crippen LogP contribution in [0.4, 0.5) is 5.69 Å². The van der Waals surface area contributed by atoms with Crippen LogP contribution >= 0.6 is 0 Å². The molecule has 0 spiro atoms. The topological polar surface area (TPSA) is 83.8 Å². The van der Waals surface area contributed by atoms with Crippen LogP contribution in [0.25, 0.3) is 11.0 Å². The number of aromatic nitrogens is 2. The number of primary amides is 1. The molecule has 2 heterocycles. The Kier molecular flexibility index (Phi) is 3.31. The SMILES string of the molecule is Cc1c(NCc2c[nH]c3ncccc23)cccc1C(N)=O. The number of rotatable bonds is 4. The maximum atomic E-state index is 11.4. The van der Waals surface area contributed by atoms with E-state index in [-0.39, 0.29) is 0 Å². The Balaban J connectivity index is 1.85. The number of carbonyl (C=O) groups is 1. The molecule has 0 saturated carbocycles. The van der Waals surface area contributed by atoms with E-state index in [1.54, 1.807) is 12.3 Å². The summed E-state index contributed by atoms with van der Waals surface area (Å²) in [7, 11) is 0. The summed E-state index contributed by atoms with van der Waals surface area (Å²) < 4.78 is 0. The van der Waals surface area contributed by atoms with E-state index in [1.165, 1.54) is 0 Å². The molecule has 0 aliphatic carbocycles. The van der Waals surface area contributed by atoms with Gasteiger partial charge in [0.25, 0.3) is 0 Å². The summed E-state index contributed by atoms with van der Waals surface area (Å²) in [5.41, 5.74) is 9.68. The molecule has 106 valence electrons. The molecule has 2 aromatic heterocycles. The van der Waals surface area contributed by atoms with Gasteiger partial charge in [-0.05, 0) is 42.3 Å². The molecule has 1 aromatic carbocycles. The van der Waals surface area contributed by atoms with Crippen LogP contribution in [0.1, 0.15) is 21.5 Å². The molecule has 0 unspecified atom stereocenters. The van der Waals surface area contributed by atoms with Crippen molar-refractivity contribution in [2.75, 3.05) is 5.32 Å². The number of benzene rings is 1. The van der Waals surface area contributed by atoms with Crippen LogP contribution in [0.3, 0.4) is 0 Å². The third-order valence-corrected chi connectivity index (χ3v) is 3.61. The highest BCUT2D eigenvalue weighted by molar-refractivity contribution is 5.95. The lowest BCUT2D eigenvalue weighted by Crippen LogP contribution is -2.13. The van der Waals surface area contributed by atoms with E-state index in [2.05, 4.69) is 15.3 Å². The number of amides is 1. The zero-order chi connectivity index (χ0) is 14.8. The number of H-pyrrole nitrogens is 1. The highest BCUT2D eigenvalue weighted by Crippen LogP contribution is 2.21. The third kappa shape index (κ3) is 2.45. The Morgan fingerprint density at radius 2 is 2.19 bits per heavy atom. The van der Waals surface area contributed by atoms with Gasteiger partial charge in [-0.2, -0.15) is 0 Å². The normalized spacial score (nSPS) is 10.7. The lowest BCUT2D eigenvalue weighted by atomic mass is 10.1. The maximum Gasteiger partial charge on any atom is 0.249 e. The van der Waals surface area contributed by atoms with Crippen molar-refractivity contribution in [1.82, 2.24) is 9.97 Å². The van der Waals surface area contributed by atoms with Gasteiger partial charge in [-0.1, -0.05) is 6.07 Å². The number of hydrogen-bond acceptors (Lipinski definition) is 3. The molecule has 0 bridgehead atoms. The molecule has 0 saturated heterocycles. The average molecular weight is 280 g/mol. The van der Waals surface area contributed by atoms with Crippen LogP contribution in [-0.4, -0.2) is 15.9 Å².